The van der Waals surface area contributed by atoms with Crippen molar-refractivity contribution < 1.29 is 4.79 Å². The number of hydrogen-bond acceptors (Lipinski definition) is 2. The van der Waals surface area contributed by atoms with Crippen molar-refractivity contribution in [1.29, 1.82) is 0 Å². The van der Waals surface area contributed by atoms with Crippen LogP contribution < -0.4 is 0 Å². The third-order valence-electron chi connectivity index (χ3n) is 0.737. The molecular formula is C5H10ClNOS. The van der Waals surface area contributed by atoms with Crippen LogP contribution in [0.5, 0.6) is 0 Å². The fraction of sp³-hybridized carbons (Fsp3) is 0.800. The Bertz CT molecular complexity index is 99.0. The van der Waals surface area contributed by atoms with Crippen molar-refractivity contribution in [2.45, 2.75) is 13.3 Å². The topological polar surface area (TPSA) is 20.3 Å². The van der Waals surface area contributed by atoms with E-state index in [1.54, 1.807) is 7.05 Å². The summed E-state index contributed by atoms with van der Waals surface area (Å²) in [5, 5.41) is -0.409. The number of amides is 1. The van der Waals surface area contributed by atoms with Crippen LogP contribution in [0.15, 0.2) is 0 Å². The Morgan fingerprint density at radius 3 is 2.67 bits per heavy atom. The highest BCUT2D eigenvalue weighted by molar-refractivity contribution is 7.97. The maximum atomic E-state index is 10.3. The van der Waals surface area contributed by atoms with Crippen LogP contribution in [0, 0.1) is 0 Å². The zero-order chi connectivity index (χ0) is 7.28. The Labute approximate surface area is 64.7 Å². The normalized spacial score (nSPS) is 9.22. The van der Waals surface area contributed by atoms with Gasteiger partial charge in [0, 0.05) is 12.8 Å². The van der Waals surface area contributed by atoms with E-state index in [1.165, 1.54) is 16.3 Å². The van der Waals surface area contributed by atoms with E-state index in [9.17, 15) is 4.79 Å². The molecule has 9 heavy (non-hydrogen) atoms. The second-order valence-electron chi connectivity index (χ2n) is 1.58. The van der Waals surface area contributed by atoms with Crippen molar-refractivity contribution in [2.75, 3.05) is 12.8 Å². The average Bonchev–Trinajstić information content (AvgIpc) is 1.82. The molecule has 0 unspecified atom stereocenters. The maximum Gasteiger partial charge on any atom is 0.326 e. The number of carbonyl (C=O) groups is 1. The maximum absolute atomic E-state index is 10.3. The summed E-state index contributed by atoms with van der Waals surface area (Å²) in [6, 6.07) is 0. The van der Waals surface area contributed by atoms with E-state index in [1.807, 2.05) is 0 Å². The van der Waals surface area contributed by atoms with Crippen LogP contribution in [0.2, 0.25) is 0 Å². The van der Waals surface area contributed by atoms with Crippen LogP contribution in [0.3, 0.4) is 0 Å². The summed E-state index contributed by atoms with van der Waals surface area (Å²) < 4.78 is 1.42. The van der Waals surface area contributed by atoms with Crippen LogP contribution >= 0.6 is 23.5 Å². The molecule has 0 heterocycles. The van der Waals surface area contributed by atoms with Gasteiger partial charge in [0.05, 0.1) is 0 Å². The lowest BCUT2D eigenvalue weighted by Crippen LogP contribution is -2.11. The molecule has 0 N–H and O–H groups in total. The van der Waals surface area contributed by atoms with Gasteiger partial charge in [0.2, 0.25) is 0 Å². The molecule has 0 atom stereocenters. The smallest absolute Gasteiger partial charge is 0.276 e. The molecule has 0 spiro atoms. The minimum absolute atomic E-state index is 0.409. The Balaban J connectivity index is 3.27. The molecular weight excluding hydrogens is 158 g/mol. The second-order valence-corrected chi connectivity index (χ2v) is 3.12. The van der Waals surface area contributed by atoms with Gasteiger partial charge < -0.3 is 0 Å². The van der Waals surface area contributed by atoms with Gasteiger partial charge in [0.25, 0.3) is 0 Å². The molecule has 0 fully saturated rings. The molecule has 4 heteroatoms. The molecule has 0 radical (unpaired) electrons. The number of halogens is 1. The van der Waals surface area contributed by atoms with Gasteiger partial charge >= 0.3 is 5.37 Å². The lowest BCUT2D eigenvalue weighted by molar-refractivity contribution is 0.251. The number of hydrogen-bond donors (Lipinski definition) is 0. The highest BCUT2D eigenvalue weighted by atomic mass is 35.5. The minimum atomic E-state index is -0.409. The van der Waals surface area contributed by atoms with Crippen molar-refractivity contribution in [3.8, 4) is 0 Å². The Hall–Kier alpha value is 0.110. The standard InChI is InChI=1S/C5H10ClNOS/c1-3-4-9-7(2)5(6)8/h3-4H2,1-2H3. The van der Waals surface area contributed by atoms with Gasteiger partial charge in [-0.05, 0) is 30.0 Å². The quantitative estimate of drug-likeness (QED) is 0.365. The summed E-state index contributed by atoms with van der Waals surface area (Å²) in [6.07, 6.45) is 1.05. The summed E-state index contributed by atoms with van der Waals surface area (Å²) in [5.74, 6) is 0.939. The van der Waals surface area contributed by atoms with E-state index in [0.717, 1.165) is 12.2 Å². The third kappa shape index (κ3) is 4.60. The summed E-state index contributed by atoms with van der Waals surface area (Å²) in [6.45, 7) is 2.06. The molecule has 0 aromatic heterocycles. The van der Waals surface area contributed by atoms with Crippen LogP contribution in [0.1, 0.15) is 13.3 Å². The molecule has 2 nitrogen and oxygen atoms in total. The fourth-order valence-electron chi connectivity index (χ4n) is 0.279. The van der Waals surface area contributed by atoms with Crippen molar-refractivity contribution in [3.05, 3.63) is 0 Å². The van der Waals surface area contributed by atoms with E-state index >= 15 is 0 Å². The van der Waals surface area contributed by atoms with Crippen molar-refractivity contribution in [1.82, 2.24) is 4.31 Å². The Kier molecular flexibility index (Phi) is 5.00. The summed E-state index contributed by atoms with van der Waals surface area (Å²) in [7, 11) is 1.66. The summed E-state index contributed by atoms with van der Waals surface area (Å²) >= 11 is 6.57. The lowest BCUT2D eigenvalue weighted by Gasteiger charge is -2.09. The van der Waals surface area contributed by atoms with E-state index in [0.29, 0.717) is 0 Å². The largest absolute Gasteiger partial charge is 0.326 e. The lowest BCUT2D eigenvalue weighted by atomic mass is 10.6. The predicted octanol–water partition coefficient (Wildman–Crippen LogP) is 2.34. The van der Waals surface area contributed by atoms with E-state index in [4.69, 9.17) is 11.6 Å². The molecule has 0 aliphatic carbocycles. The van der Waals surface area contributed by atoms with Crippen LogP contribution in [0.4, 0.5) is 4.79 Å². The van der Waals surface area contributed by atoms with Gasteiger partial charge in [-0.1, -0.05) is 6.92 Å². The minimum Gasteiger partial charge on any atom is -0.276 e. The highest BCUT2D eigenvalue weighted by Gasteiger charge is 2.02. The molecule has 0 aliphatic heterocycles. The predicted molar refractivity (Wildman–Crippen MR) is 41.8 cm³/mol. The number of rotatable bonds is 3. The summed E-state index contributed by atoms with van der Waals surface area (Å²) in [5.41, 5.74) is 0. The second kappa shape index (κ2) is 4.94. The molecule has 0 rings (SSSR count). The van der Waals surface area contributed by atoms with E-state index in [-0.39, 0.29) is 0 Å². The molecule has 0 aliphatic rings. The van der Waals surface area contributed by atoms with Gasteiger partial charge in [-0.15, -0.1) is 0 Å². The van der Waals surface area contributed by atoms with Gasteiger partial charge in [-0.2, -0.15) is 0 Å². The van der Waals surface area contributed by atoms with Gasteiger partial charge in [-0.25, -0.2) is 0 Å². The van der Waals surface area contributed by atoms with Crippen LogP contribution in [0.25, 0.3) is 0 Å². The number of nitrogens with zero attached hydrogens (tertiary/aromatic N) is 1. The first-order valence-electron chi connectivity index (χ1n) is 2.74. The zero-order valence-corrected chi connectivity index (χ0v) is 7.13. The SMILES string of the molecule is CCCSN(C)C(=O)Cl. The molecule has 54 valence electrons. The van der Waals surface area contributed by atoms with E-state index in [2.05, 4.69) is 6.92 Å². The first-order chi connectivity index (χ1) is 4.18. The fourth-order valence-corrected chi connectivity index (χ4v) is 0.983. The van der Waals surface area contributed by atoms with Crippen molar-refractivity contribution in [3.63, 3.8) is 0 Å². The van der Waals surface area contributed by atoms with Gasteiger partial charge in [0.1, 0.15) is 0 Å². The molecule has 0 aromatic carbocycles. The molecule has 0 saturated carbocycles. The molecule has 1 amide bonds. The van der Waals surface area contributed by atoms with Crippen LogP contribution in [-0.2, 0) is 0 Å². The number of carbonyl (C=O) groups excluding carboxylic acids is 1. The third-order valence-corrected chi connectivity index (χ3v) is 2.23. The van der Waals surface area contributed by atoms with Crippen LogP contribution in [-0.4, -0.2) is 22.5 Å². The Morgan fingerprint density at radius 2 is 2.33 bits per heavy atom. The van der Waals surface area contributed by atoms with E-state index < -0.39 is 5.37 Å². The van der Waals surface area contributed by atoms with Crippen molar-refractivity contribution >= 4 is 28.9 Å². The Morgan fingerprint density at radius 1 is 1.78 bits per heavy atom. The first-order valence-corrected chi connectivity index (χ1v) is 4.06. The molecule has 0 saturated heterocycles. The highest BCUT2D eigenvalue weighted by Crippen LogP contribution is 2.09. The van der Waals surface area contributed by atoms with Crippen molar-refractivity contribution in [2.24, 2.45) is 0 Å². The molecule has 0 aromatic rings. The first kappa shape index (κ1) is 9.11. The average molecular weight is 168 g/mol. The summed E-state index contributed by atoms with van der Waals surface area (Å²) in [4.78, 5) is 10.3. The monoisotopic (exact) mass is 167 g/mol. The molecule has 0 bridgehead atoms. The van der Waals surface area contributed by atoms with Gasteiger partial charge in [0.15, 0.2) is 0 Å². The van der Waals surface area contributed by atoms with Gasteiger partial charge in [-0.3, -0.25) is 9.10 Å². The zero-order valence-electron chi connectivity index (χ0n) is 5.56.